The highest BCUT2D eigenvalue weighted by Crippen LogP contribution is 2.34. The van der Waals surface area contributed by atoms with Crippen molar-refractivity contribution >= 4 is 29.5 Å². The van der Waals surface area contributed by atoms with E-state index in [-0.39, 0.29) is 29.7 Å². The van der Waals surface area contributed by atoms with Crippen LogP contribution in [0.25, 0.3) is 0 Å². The van der Waals surface area contributed by atoms with E-state index in [0.29, 0.717) is 11.5 Å². The maximum Gasteiger partial charge on any atom is 0.335 e. The van der Waals surface area contributed by atoms with Gasteiger partial charge in [-0.2, -0.15) is 0 Å². The molecule has 0 aromatic heterocycles. The van der Waals surface area contributed by atoms with Gasteiger partial charge in [0.25, 0.3) is 0 Å². The van der Waals surface area contributed by atoms with E-state index >= 15 is 4.39 Å². The first kappa shape index (κ1) is 30.4. The highest BCUT2D eigenvalue weighted by Gasteiger charge is 2.29. The Kier molecular flexibility index (Phi) is 9.64. The first-order valence-electron chi connectivity index (χ1n) is 12.8. The largest absolute Gasteiger partial charge is 0.478 e. The maximum absolute atomic E-state index is 15.1. The van der Waals surface area contributed by atoms with Crippen molar-refractivity contribution < 1.29 is 41.0 Å². The molecule has 41 heavy (non-hydrogen) atoms. The van der Waals surface area contributed by atoms with Gasteiger partial charge in [-0.15, -0.1) is 0 Å². The number of carbonyl (C=O) groups is 2. The highest BCUT2D eigenvalue weighted by molar-refractivity contribution is 7.97. The number of amides is 1. The molecule has 12 heteroatoms. The van der Waals surface area contributed by atoms with Crippen molar-refractivity contribution in [2.45, 2.75) is 49.5 Å². The van der Waals surface area contributed by atoms with Crippen molar-refractivity contribution in [1.82, 2.24) is 4.31 Å². The summed E-state index contributed by atoms with van der Waals surface area (Å²) in [5.41, 5.74) is 1.21. The van der Waals surface area contributed by atoms with Crippen LogP contribution in [0.5, 0.6) is 0 Å². The average molecular weight is 597 g/mol. The number of likely N-dealkylation sites (N-methyl/N-ethyl adjacent to an activating group) is 1. The quantitative estimate of drug-likeness (QED) is 0.120. The zero-order chi connectivity index (χ0) is 29.8. The predicted molar refractivity (Wildman–Crippen MR) is 142 cm³/mol. The first-order valence-corrected chi connectivity index (χ1v) is 13.6. The number of carboxylic acids is 1. The van der Waals surface area contributed by atoms with E-state index < -0.39 is 58.2 Å². The molecular weight excluding hydrogens is 570 g/mol. The SMILES string of the molecule is CN(CC(=O)N(Cc1ccc(C2CCCCC2)cc1)c1ccc(C(=O)O)cc1F)Sc1c(F)c(F)c(F)c(F)c1F. The summed E-state index contributed by atoms with van der Waals surface area (Å²) in [5, 5.41) is 9.18. The summed E-state index contributed by atoms with van der Waals surface area (Å²) in [4.78, 5) is 24.5. The van der Waals surface area contributed by atoms with Crippen LogP contribution < -0.4 is 4.90 Å². The lowest BCUT2D eigenvalue weighted by molar-refractivity contribution is -0.118. The van der Waals surface area contributed by atoms with Crippen molar-refractivity contribution in [3.05, 3.63) is 94.1 Å². The van der Waals surface area contributed by atoms with Crippen LogP contribution in [-0.4, -0.2) is 34.9 Å². The van der Waals surface area contributed by atoms with E-state index in [1.54, 1.807) is 12.1 Å². The zero-order valence-corrected chi connectivity index (χ0v) is 22.7. The Labute approximate surface area is 236 Å². The van der Waals surface area contributed by atoms with Crippen LogP contribution in [0.4, 0.5) is 32.0 Å². The minimum absolute atomic E-state index is 0.127. The Balaban J connectivity index is 1.59. The van der Waals surface area contributed by atoms with Crippen LogP contribution in [0, 0.1) is 34.9 Å². The number of rotatable bonds is 9. The number of hydrogen-bond acceptors (Lipinski definition) is 4. The summed E-state index contributed by atoms with van der Waals surface area (Å²) < 4.78 is 85.0. The molecule has 5 nitrogen and oxygen atoms in total. The summed E-state index contributed by atoms with van der Waals surface area (Å²) in [6.07, 6.45) is 5.67. The van der Waals surface area contributed by atoms with Gasteiger partial charge in [0.1, 0.15) is 10.7 Å². The van der Waals surface area contributed by atoms with Gasteiger partial charge in [-0.3, -0.25) is 4.79 Å². The van der Waals surface area contributed by atoms with E-state index in [9.17, 15) is 36.6 Å². The molecule has 1 aliphatic rings. The third-order valence-electron chi connectivity index (χ3n) is 6.96. The molecule has 1 saturated carbocycles. The Bertz CT molecular complexity index is 1420. The fraction of sp³-hybridized carbons (Fsp3) is 0.310. The Morgan fingerprint density at radius 3 is 2.00 bits per heavy atom. The molecule has 1 aliphatic carbocycles. The van der Waals surface area contributed by atoms with E-state index in [0.717, 1.165) is 58.7 Å². The fourth-order valence-corrected chi connectivity index (χ4v) is 5.64. The number of aromatic carboxylic acids is 1. The second-order valence-corrected chi connectivity index (χ2v) is 11.0. The minimum atomic E-state index is -2.30. The number of benzene rings is 3. The van der Waals surface area contributed by atoms with Gasteiger partial charge >= 0.3 is 5.97 Å². The molecule has 0 aliphatic heterocycles. The zero-order valence-electron chi connectivity index (χ0n) is 21.9. The number of nitrogens with zero attached hydrogens (tertiary/aromatic N) is 2. The maximum atomic E-state index is 15.1. The number of halogens is 6. The van der Waals surface area contributed by atoms with E-state index in [2.05, 4.69) is 0 Å². The first-order chi connectivity index (χ1) is 19.5. The molecule has 1 amide bonds. The molecule has 0 radical (unpaired) electrons. The lowest BCUT2D eigenvalue weighted by Gasteiger charge is -2.27. The molecule has 3 aromatic rings. The standard InChI is InChI=1S/C29H26F6N2O3S/c1-36(41-28-26(34)24(32)23(31)25(33)27(28)35)15-22(38)37(21-12-11-19(29(39)40)13-20(21)30)14-16-7-9-18(10-8-16)17-5-3-2-4-6-17/h7-13,17H,2-6,14-15H2,1H3,(H,39,40). The third kappa shape index (κ3) is 6.87. The number of carbonyl (C=O) groups excluding carboxylic acids is 1. The number of carboxylic acid groups (broad SMARTS) is 1. The Hall–Kier alpha value is -3.51. The van der Waals surface area contributed by atoms with Crippen LogP contribution in [0.2, 0.25) is 0 Å². The third-order valence-corrected chi connectivity index (χ3v) is 7.94. The fourth-order valence-electron chi connectivity index (χ4n) is 4.81. The van der Waals surface area contributed by atoms with Gasteiger partial charge in [-0.25, -0.2) is 35.4 Å². The van der Waals surface area contributed by atoms with Gasteiger partial charge in [0.05, 0.1) is 24.3 Å². The van der Waals surface area contributed by atoms with Crippen LogP contribution >= 0.6 is 11.9 Å². The van der Waals surface area contributed by atoms with Crippen molar-refractivity contribution in [2.75, 3.05) is 18.5 Å². The Morgan fingerprint density at radius 2 is 1.44 bits per heavy atom. The van der Waals surface area contributed by atoms with Gasteiger partial charge < -0.3 is 10.0 Å². The normalized spacial score (nSPS) is 14.0. The summed E-state index contributed by atoms with van der Waals surface area (Å²) in [5.74, 6) is -13.3. The monoisotopic (exact) mass is 596 g/mol. The molecule has 0 spiro atoms. The van der Waals surface area contributed by atoms with E-state index in [1.165, 1.54) is 13.5 Å². The summed E-state index contributed by atoms with van der Waals surface area (Å²) in [6.45, 7) is -0.751. The molecule has 1 fully saturated rings. The second kappa shape index (κ2) is 13.0. The van der Waals surface area contributed by atoms with Crippen LogP contribution in [0.1, 0.15) is 59.5 Å². The summed E-state index contributed by atoms with van der Waals surface area (Å²) in [6, 6.07) is 10.5. The van der Waals surface area contributed by atoms with E-state index in [4.69, 9.17) is 0 Å². The molecule has 218 valence electrons. The average Bonchev–Trinajstić information content (AvgIpc) is 2.97. The molecule has 0 saturated heterocycles. The summed E-state index contributed by atoms with van der Waals surface area (Å²) in [7, 11) is 1.20. The van der Waals surface area contributed by atoms with Gasteiger partial charge in [-0.1, -0.05) is 43.5 Å². The Morgan fingerprint density at radius 1 is 0.854 bits per heavy atom. The van der Waals surface area contributed by atoms with Gasteiger partial charge in [0.15, 0.2) is 23.3 Å². The lowest BCUT2D eigenvalue weighted by Crippen LogP contribution is -2.37. The molecule has 4 rings (SSSR count). The van der Waals surface area contributed by atoms with Crippen LogP contribution in [0.3, 0.4) is 0 Å². The van der Waals surface area contributed by atoms with Gasteiger partial charge in [0, 0.05) is 0 Å². The van der Waals surface area contributed by atoms with Crippen LogP contribution in [-0.2, 0) is 11.3 Å². The minimum Gasteiger partial charge on any atom is -0.478 e. The topological polar surface area (TPSA) is 60.9 Å². The number of anilines is 1. The predicted octanol–water partition coefficient (Wildman–Crippen LogP) is 7.44. The molecule has 0 unspecified atom stereocenters. The second-order valence-electron chi connectivity index (χ2n) is 9.80. The lowest BCUT2D eigenvalue weighted by atomic mass is 9.84. The van der Waals surface area contributed by atoms with Crippen molar-refractivity contribution in [2.24, 2.45) is 0 Å². The van der Waals surface area contributed by atoms with Crippen molar-refractivity contribution in [1.29, 1.82) is 0 Å². The van der Waals surface area contributed by atoms with Crippen LogP contribution in [0.15, 0.2) is 47.4 Å². The molecule has 0 heterocycles. The van der Waals surface area contributed by atoms with Gasteiger partial charge in [0.2, 0.25) is 11.7 Å². The smallest absolute Gasteiger partial charge is 0.335 e. The summed E-state index contributed by atoms with van der Waals surface area (Å²) >= 11 is 0.127. The molecule has 0 atom stereocenters. The van der Waals surface area contributed by atoms with Crippen molar-refractivity contribution in [3.63, 3.8) is 0 Å². The molecule has 1 N–H and O–H groups in total. The number of hydrogen-bond donors (Lipinski definition) is 1. The molecule has 3 aromatic carbocycles. The van der Waals surface area contributed by atoms with Crippen molar-refractivity contribution in [3.8, 4) is 0 Å². The van der Waals surface area contributed by atoms with E-state index in [1.807, 2.05) is 12.1 Å². The molecule has 0 bridgehead atoms. The highest BCUT2D eigenvalue weighted by atomic mass is 32.2. The van der Waals surface area contributed by atoms with Gasteiger partial charge in [-0.05, 0) is 67.1 Å². The molecular formula is C29H26F6N2O3S.